The molecule has 150 valence electrons. The van der Waals surface area contributed by atoms with Crippen LogP contribution in [0.5, 0.6) is 0 Å². The minimum Gasteiger partial charge on any atom is -0.350 e. The first-order valence-corrected chi connectivity index (χ1v) is 9.65. The predicted molar refractivity (Wildman–Crippen MR) is 117 cm³/mol. The van der Waals surface area contributed by atoms with Crippen LogP contribution in [0.15, 0.2) is 72.4 Å². The van der Waals surface area contributed by atoms with E-state index in [0.29, 0.717) is 16.9 Å². The number of imide groups is 1. The maximum Gasteiger partial charge on any atom is 0.282 e. The van der Waals surface area contributed by atoms with Gasteiger partial charge in [-0.2, -0.15) is 0 Å². The van der Waals surface area contributed by atoms with Crippen LogP contribution in [-0.4, -0.2) is 11.8 Å². The Morgan fingerprint density at radius 3 is 2.27 bits per heavy atom. The number of hydrogen-bond donors (Lipinski definition) is 1. The van der Waals surface area contributed by atoms with Gasteiger partial charge in [0.15, 0.2) is 0 Å². The fourth-order valence-electron chi connectivity index (χ4n) is 3.52. The second-order valence-electron chi connectivity index (χ2n) is 7.47. The fourth-order valence-corrected chi connectivity index (χ4v) is 3.52. The van der Waals surface area contributed by atoms with Crippen molar-refractivity contribution in [2.45, 2.75) is 20.8 Å². The van der Waals surface area contributed by atoms with E-state index in [2.05, 4.69) is 5.32 Å². The molecule has 4 rings (SSSR count). The lowest BCUT2D eigenvalue weighted by atomic mass is 9.99. The third kappa shape index (κ3) is 3.50. The van der Waals surface area contributed by atoms with E-state index in [-0.39, 0.29) is 11.3 Å². The van der Waals surface area contributed by atoms with Crippen molar-refractivity contribution in [2.24, 2.45) is 0 Å². The molecule has 2 amide bonds. The number of carbonyl (C=O) groups is 2. The van der Waals surface area contributed by atoms with Crippen LogP contribution in [0.2, 0.25) is 0 Å². The zero-order valence-corrected chi connectivity index (χ0v) is 17.0. The van der Waals surface area contributed by atoms with E-state index >= 15 is 0 Å². The Balaban J connectivity index is 1.86. The van der Waals surface area contributed by atoms with Crippen molar-refractivity contribution in [2.75, 3.05) is 10.2 Å². The molecule has 0 saturated carbocycles. The standard InChI is InChI=1S/C25H21FN2O2/c1-15-6-4-9-21(12-15)28-24(29)22(18-11-10-16(2)17(3)13-18)23(25(28)30)27-20-8-5-7-19(26)14-20/h4-14,27H,1-3H3. The average Bonchev–Trinajstić information content (AvgIpc) is 2.94. The van der Waals surface area contributed by atoms with Gasteiger partial charge in [-0.3, -0.25) is 9.59 Å². The van der Waals surface area contributed by atoms with Gasteiger partial charge < -0.3 is 5.32 Å². The normalized spacial score (nSPS) is 13.9. The highest BCUT2D eigenvalue weighted by Crippen LogP contribution is 2.34. The maximum absolute atomic E-state index is 13.7. The molecule has 1 aliphatic heterocycles. The molecular formula is C25H21FN2O2. The summed E-state index contributed by atoms with van der Waals surface area (Å²) in [6.45, 7) is 5.84. The van der Waals surface area contributed by atoms with Gasteiger partial charge in [0.05, 0.1) is 11.3 Å². The molecular weight excluding hydrogens is 379 g/mol. The Kier molecular flexibility index (Phi) is 4.96. The summed E-state index contributed by atoms with van der Waals surface area (Å²) in [5, 5.41) is 2.99. The second-order valence-corrected chi connectivity index (χ2v) is 7.47. The van der Waals surface area contributed by atoms with Crippen LogP contribution >= 0.6 is 0 Å². The highest BCUT2D eigenvalue weighted by Gasteiger charge is 2.40. The molecule has 0 atom stereocenters. The number of halogens is 1. The molecule has 0 fully saturated rings. The molecule has 0 unspecified atom stereocenters. The average molecular weight is 400 g/mol. The van der Waals surface area contributed by atoms with Gasteiger partial charge in [0, 0.05) is 5.69 Å². The molecule has 5 heteroatoms. The van der Waals surface area contributed by atoms with Gasteiger partial charge >= 0.3 is 0 Å². The van der Waals surface area contributed by atoms with Gasteiger partial charge in [0.1, 0.15) is 11.5 Å². The first-order valence-electron chi connectivity index (χ1n) is 9.65. The molecule has 0 aliphatic carbocycles. The largest absolute Gasteiger partial charge is 0.350 e. The highest BCUT2D eigenvalue weighted by molar-refractivity contribution is 6.46. The Bertz CT molecular complexity index is 1210. The van der Waals surface area contributed by atoms with Crippen LogP contribution < -0.4 is 10.2 Å². The molecule has 30 heavy (non-hydrogen) atoms. The Morgan fingerprint density at radius 2 is 1.57 bits per heavy atom. The van der Waals surface area contributed by atoms with Crippen molar-refractivity contribution >= 4 is 28.8 Å². The summed E-state index contributed by atoms with van der Waals surface area (Å²) in [4.78, 5) is 27.9. The zero-order chi connectivity index (χ0) is 21.4. The summed E-state index contributed by atoms with van der Waals surface area (Å²) in [6.07, 6.45) is 0. The number of anilines is 2. The van der Waals surface area contributed by atoms with Crippen LogP contribution in [0.25, 0.3) is 5.57 Å². The molecule has 0 bridgehead atoms. The maximum atomic E-state index is 13.7. The molecule has 0 aromatic heterocycles. The van der Waals surface area contributed by atoms with E-state index in [9.17, 15) is 14.0 Å². The van der Waals surface area contributed by atoms with Crippen molar-refractivity contribution in [1.82, 2.24) is 0 Å². The molecule has 0 spiro atoms. The van der Waals surface area contributed by atoms with E-state index < -0.39 is 17.6 Å². The lowest BCUT2D eigenvalue weighted by Gasteiger charge is -2.16. The van der Waals surface area contributed by atoms with E-state index in [1.165, 1.54) is 17.0 Å². The number of aryl methyl sites for hydroxylation is 3. The van der Waals surface area contributed by atoms with Gasteiger partial charge in [-0.05, 0) is 73.4 Å². The summed E-state index contributed by atoms with van der Waals surface area (Å²) in [5.74, 6) is -1.31. The number of hydrogen-bond acceptors (Lipinski definition) is 3. The molecule has 0 radical (unpaired) electrons. The highest BCUT2D eigenvalue weighted by atomic mass is 19.1. The van der Waals surface area contributed by atoms with Crippen molar-refractivity contribution in [3.05, 3.63) is 100 Å². The summed E-state index contributed by atoms with van der Waals surface area (Å²) >= 11 is 0. The predicted octanol–water partition coefficient (Wildman–Crippen LogP) is 5.15. The first-order chi connectivity index (χ1) is 14.3. The smallest absolute Gasteiger partial charge is 0.282 e. The van der Waals surface area contributed by atoms with E-state index in [4.69, 9.17) is 0 Å². The number of benzene rings is 3. The van der Waals surface area contributed by atoms with Gasteiger partial charge in [-0.15, -0.1) is 0 Å². The van der Waals surface area contributed by atoms with E-state index in [1.54, 1.807) is 30.3 Å². The molecule has 4 nitrogen and oxygen atoms in total. The third-order valence-corrected chi connectivity index (χ3v) is 5.23. The second kappa shape index (κ2) is 7.59. The van der Waals surface area contributed by atoms with Crippen LogP contribution in [0.1, 0.15) is 22.3 Å². The summed E-state index contributed by atoms with van der Waals surface area (Å²) < 4.78 is 13.7. The van der Waals surface area contributed by atoms with Crippen molar-refractivity contribution in [1.29, 1.82) is 0 Å². The number of nitrogens with one attached hydrogen (secondary N) is 1. The summed E-state index contributed by atoms with van der Waals surface area (Å²) in [7, 11) is 0. The summed E-state index contributed by atoms with van der Waals surface area (Å²) in [5.41, 5.74) is 4.99. The van der Waals surface area contributed by atoms with Crippen molar-refractivity contribution in [3.63, 3.8) is 0 Å². The number of amides is 2. The Hall–Kier alpha value is -3.73. The number of carbonyl (C=O) groups excluding carboxylic acids is 2. The molecule has 1 heterocycles. The lowest BCUT2D eigenvalue weighted by molar-refractivity contribution is -0.120. The zero-order valence-electron chi connectivity index (χ0n) is 17.0. The summed E-state index contributed by atoms with van der Waals surface area (Å²) in [6, 6.07) is 18.7. The molecule has 3 aromatic carbocycles. The van der Waals surface area contributed by atoms with Gasteiger partial charge in [-0.25, -0.2) is 9.29 Å². The van der Waals surface area contributed by atoms with Crippen molar-refractivity contribution < 1.29 is 14.0 Å². The van der Waals surface area contributed by atoms with Crippen LogP contribution in [0.4, 0.5) is 15.8 Å². The third-order valence-electron chi connectivity index (χ3n) is 5.23. The number of nitrogens with zero attached hydrogens (tertiary/aromatic N) is 1. The fraction of sp³-hybridized carbons (Fsp3) is 0.120. The van der Waals surface area contributed by atoms with E-state index in [0.717, 1.165) is 16.7 Å². The lowest BCUT2D eigenvalue weighted by Crippen LogP contribution is -2.32. The number of rotatable bonds is 4. The van der Waals surface area contributed by atoms with Gasteiger partial charge in [0.25, 0.3) is 11.8 Å². The monoisotopic (exact) mass is 400 g/mol. The van der Waals surface area contributed by atoms with E-state index in [1.807, 2.05) is 45.0 Å². The molecule has 1 N–H and O–H groups in total. The minimum atomic E-state index is -0.469. The van der Waals surface area contributed by atoms with Gasteiger partial charge in [-0.1, -0.05) is 36.4 Å². The minimum absolute atomic E-state index is 0.135. The quantitative estimate of drug-likeness (QED) is 0.617. The van der Waals surface area contributed by atoms with Crippen molar-refractivity contribution in [3.8, 4) is 0 Å². The Morgan fingerprint density at radius 1 is 0.800 bits per heavy atom. The van der Waals surface area contributed by atoms with Crippen LogP contribution in [0, 0.1) is 26.6 Å². The van der Waals surface area contributed by atoms with Gasteiger partial charge in [0.2, 0.25) is 0 Å². The Labute approximate surface area is 174 Å². The van der Waals surface area contributed by atoms with Crippen LogP contribution in [-0.2, 0) is 9.59 Å². The SMILES string of the molecule is Cc1cccc(N2C(=O)C(Nc3cccc(F)c3)=C(c3ccc(C)c(C)c3)C2=O)c1. The van der Waals surface area contributed by atoms with Crippen LogP contribution in [0.3, 0.4) is 0 Å². The molecule has 1 aliphatic rings. The molecule has 3 aromatic rings. The molecule has 0 saturated heterocycles. The topological polar surface area (TPSA) is 49.4 Å². The first kappa shape index (κ1) is 19.6.